The van der Waals surface area contributed by atoms with Crippen LogP contribution in [0.3, 0.4) is 0 Å². The summed E-state index contributed by atoms with van der Waals surface area (Å²) in [4.78, 5) is 11.6. The van der Waals surface area contributed by atoms with Gasteiger partial charge in [-0.25, -0.2) is 0 Å². The maximum Gasteiger partial charge on any atom is 0.241 e. The molecule has 0 aromatic rings. The van der Waals surface area contributed by atoms with Gasteiger partial charge in [0.1, 0.15) is 18.3 Å². The summed E-state index contributed by atoms with van der Waals surface area (Å²) < 4.78 is 15.6. The van der Waals surface area contributed by atoms with Crippen LogP contribution >= 0.6 is 12.6 Å². The summed E-state index contributed by atoms with van der Waals surface area (Å²) in [5.41, 5.74) is 0. The molecule has 0 aliphatic carbocycles. The molecule has 0 bridgehead atoms. The fourth-order valence-electron chi connectivity index (χ4n) is 2.08. The second-order valence-electron chi connectivity index (χ2n) is 5.03. The van der Waals surface area contributed by atoms with Crippen molar-refractivity contribution in [2.45, 2.75) is 43.7 Å². The molecule has 1 aliphatic heterocycles. The number of amides is 1. The summed E-state index contributed by atoms with van der Waals surface area (Å²) in [6, 6.07) is 0. The fraction of sp³-hybridized carbons (Fsp3) is 0.923. The monoisotopic (exact) mass is 355 g/mol. The van der Waals surface area contributed by atoms with E-state index in [-0.39, 0.29) is 19.6 Å². The predicted octanol–water partition coefficient (Wildman–Crippen LogP) is -2.40. The zero-order valence-corrected chi connectivity index (χ0v) is 13.8. The lowest BCUT2D eigenvalue weighted by Crippen LogP contribution is -2.71. The number of ether oxygens (including phenoxy) is 3. The standard InChI is InChI=1S/C13H25NO8S/c1-2-9(16)14-12-13(19,21-4-3-20-5-6-23)11(18)10(17)8(7-15)22-12/h8,10-12,15,17-19,23H,2-7H2,1H3,(H,14,16)/t8-,10-,11+,12?,13+/m1/s1. The van der Waals surface area contributed by atoms with Gasteiger partial charge < -0.3 is 40.0 Å². The van der Waals surface area contributed by atoms with Gasteiger partial charge in [-0.3, -0.25) is 4.79 Å². The second-order valence-corrected chi connectivity index (χ2v) is 5.48. The largest absolute Gasteiger partial charge is 0.394 e. The summed E-state index contributed by atoms with van der Waals surface area (Å²) in [5.74, 6) is -2.31. The Balaban J connectivity index is 2.79. The molecule has 0 aromatic heterocycles. The van der Waals surface area contributed by atoms with Crippen LogP contribution < -0.4 is 5.32 Å². The molecule has 1 amide bonds. The molecule has 5 N–H and O–H groups in total. The van der Waals surface area contributed by atoms with Crippen molar-refractivity contribution < 1.29 is 39.4 Å². The number of nitrogens with one attached hydrogen (secondary N) is 1. The van der Waals surface area contributed by atoms with E-state index in [1.54, 1.807) is 6.92 Å². The predicted molar refractivity (Wildman–Crippen MR) is 81.8 cm³/mol. The lowest BCUT2D eigenvalue weighted by Gasteiger charge is -2.47. The lowest BCUT2D eigenvalue weighted by atomic mass is 9.94. The van der Waals surface area contributed by atoms with Gasteiger partial charge in [0.2, 0.25) is 11.7 Å². The Kier molecular flexibility index (Phi) is 8.72. The molecule has 1 aliphatic rings. The molecule has 10 heteroatoms. The smallest absolute Gasteiger partial charge is 0.241 e. The maximum atomic E-state index is 11.6. The van der Waals surface area contributed by atoms with Crippen molar-refractivity contribution in [3.8, 4) is 0 Å². The third kappa shape index (κ3) is 5.26. The van der Waals surface area contributed by atoms with Gasteiger partial charge in [0.25, 0.3) is 0 Å². The first-order valence-electron chi connectivity index (χ1n) is 7.37. The number of rotatable bonds is 9. The molecule has 1 saturated heterocycles. The van der Waals surface area contributed by atoms with Crippen LogP contribution in [-0.2, 0) is 19.0 Å². The highest BCUT2D eigenvalue weighted by atomic mass is 32.1. The minimum atomic E-state index is -2.37. The van der Waals surface area contributed by atoms with Gasteiger partial charge in [0.15, 0.2) is 6.23 Å². The Morgan fingerprint density at radius 3 is 2.61 bits per heavy atom. The highest BCUT2D eigenvalue weighted by molar-refractivity contribution is 7.80. The molecular weight excluding hydrogens is 330 g/mol. The van der Waals surface area contributed by atoms with Gasteiger partial charge in [-0.15, -0.1) is 0 Å². The van der Waals surface area contributed by atoms with E-state index in [4.69, 9.17) is 14.2 Å². The quantitative estimate of drug-likeness (QED) is 0.153. The number of thiol groups is 1. The van der Waals surface area contributed by atoms with Crippen molar-refractivity contribution in [3.05, 3.63) is 0 Å². The van der Waals surface area contributed by atoms with Crippen LogP contribution in [-0.4, -0.2) is 88.8 Å². The normalized spacial score (nSPS) is 34.3. The second kappa shape index (κ2) is 9.74. The molecule has 0 spiro atoms. The average molecular weight is 355 g/mol. The van der Waals surface area contributed by atoms with E-state index >= 15 is 0 Å². The van der Waals surface area contributed by atoms with Crippen molar-refractivity contribution in [3.63, 3.8) is 0 Å². The van der Waals surface area contributed by atoms with Gasteiger partial charge in [-0.2, -0.15) is 12.6 Å². The van der Waals surface area contributed by atoms with Gasteiger partial charge in [0, 0.05) is 12.2 Å². The summed E-state index contributed by atoms with van der Waals surface area (Å²) >= 11 is 3.97. The maximum absolute atomic E-state index is 11.6. The topological polar surface area (TPSA) is 138 Å². The molecule has 0 saturated carbocycles. The Bertz CT molecular complexity index is 374. The first kappa shape index (κ1) is 20.6. The third-order valence-corrected chi connectivity index (χ3v) is 3.59. The van der Waals surface area contributed by atoms with Crippen molar-refractivity contribution in [2.75, 3.05) is 32.2 Å². The Hall–Kier alpha value is -0.460. The van der Waals surface area contributed by atoms with Gasteiger partial charge in [-0.1, -0.05) is 6.92 Å². The van der Waals surface area contributed by atoms with Gasteiger partial charge in [-0.05, 0) is 0 Å². The Morgan fingerprint density at radius 1 is 1.35 bits per heavy atom. The first-order chi connectivity index (χ1) is 10.9. The van der Waals surface area contributed by atoms with Gasteiger partial charge in [0.05, 0.1) is 26.4 Å². The lowest BCUT2D eigenvalue weighted by molar-refractivity contribution is -0.371. The molecule has 0 aromatic carbocycles. The molecule has 23 heavy (non-hydrogen) atoms. The van der Waals surface area contributed by atoms with E-state index in [0.29, 0.717) is 12.4 Å². The fourth-order valence-corrected chi connectivity index (χ4v) is 2.21. The van der Waals surface area contributed by atoms with Crippen molar-refractivity contribution in [1.82, 2.24) is 5.32 Å². The molecular formula is C13H25NO8S. The Labute approximate surface area is 139 Å². The number of carbonyl (C=O) groups excluding carboxylic acids is 1. The van der Waals surface area contributed by atoms with Crippen LogP contribution in [0.1, 0.15) is 13.3 Å². The van der Waals surface area contributed by atoms with Crippen LogP contribution in [0.2, 0.25) is 0 Å². The zero-order valence-electron chi connectivity index (χ0n) is 12.9. The summed E-state index contributed by atoms with van der Waals surface area (Å²) in [6.07, 6.45) is -5.88. The highest BCUT2D eigenvalue weighted by Crippen LogP contribution is 2.30. The van der Waals surface area contributed by atoms with E-state index in [2.05, 4.69) is 17.9 Å². The average Bonchev–Trinajstić information content (AvgIpc) is 2.55. The minimum absolute atomic E-state index is 0.111. The number of hydrogen-bond donors (Lipinski definition) is 6. The SMILES string of the molecule is CCC(=O)NC1O[C@H](CO)[C@@H](O)[C@H](O)[C@]1(O)OCCOCCS. The van der Waals surface area contributed by atoms with Crippen LogP contribution in [0.15, 0.2) is 0 Å². The number of aliphatic hydroxyl groups excluding tert-OH is 3. The molecule has 1 rings (SSSR count). The molecule has 0 radical (unpaired) electrons. The van der Waals surface area contributed by atoms with Crippen LogP contribution in [0.25, 0.3) is 0 Å². The van der Waals surface area contributed by atoms with Crippen LogP contribution in [0.5, 0.6) is 0 Å². The van der Waals surface area contributed by atoms with Crippen molar-refractivity contribution >= 4 is 18.5 Å². The van der Waals surface area contributed by atoms with E-state index in [1.807, 2.05) is 0 Å². The van der Waals surface area contributed by atoms with E-state index < -0.39 is 42.8 Å². The molecule has 5 atom stereocenters. The number of hydrogen-bond acceptors (Lipinski definition) is 9. The molecule has 1 unspecified atom stereocenters. The highest BCUT2D eigenvalue weighted by Gasteiger charge is 2.56. The minimum Gasteiger partial charge on any atom is -0.394 e. The molecule has 136 valence electrons. The molecule has 9 nitrogen and oxygen atoms in total. The summed E-state index contributed by atoms with van der Waals surface area (Å²) in [7, 11) is 0. The molecule has 1 heterocycles. The summed E-state index contributed by atoms with van der Waals surface area (Å²) in [5, 5.41) is 42.1. The summed E-state index contributed by atoms with van der Waals surface area (Å²) in [6.45, 7) is 1.38. The van der Waals surface area contributed by atoms with Crippen LogP contribution in [0, 0.1) is 0 Å². The third-order valence-electron chi connectivity index (χ3n) is 3.40. The van der Waals surface area contributed by atoms with E-state index in [0.717, 1.165) is 0 Å². The zero-order chi connectivity index (χ0) is 17.5. The van der Waals surface area contributed by atoms with Crippen molar-refractivity contribution in [2.24, 2.45) is 0 Å². The number of carbonyl (C=O) groups is 1. The number of aliphatic hydroxyl groups is 4. The van der Waals surface area contributed by atoms with Gasteiger partial charge >= 0.3 is 0 Å². The van der Waals surface area contributed by atoms with Crippen molar-refractivity contribution in [1.29, 1.82) is 0 Å². The van der Waals surface area contributed by atoms with E-state index in [1.165, 1.54) is 0 Å². The van der Waals surface area contributed by atoms with Crippen LogP contribution in [0.4, 0.5) is 0 Å². The Morgan fingerprint density at radius 2 is 2.04 bits per heavy atom. The first-order valence-corrected chi connectivity index (χ1v) is 8.00. The molecule has 1 fully saturated rings. The van der Waals surface area contributed by atoms with E-state index in [9.17, 15) is 25.2 Å².